The third-order valence-corrected chi connectivity index (χ3v) is 6.08. The number of amides is 1. The van der Waals surface area contributed by atoms with Crippen LogP contribution in [0.4, 0.5) is 0 Å². The molecular weight excluding hydrogens is 420 g/mol. The number of likely N-dealkylation sites (tertiary alicyclic amines) is 1. The van der Waals surface area contributed by atoms with Gasteiger partial charge in [-0.25, -0.2) is 4.98 Å². The minimum Gasteiger partial charge on any atom is -0.507 e. The number of hydrogen-bond acceptors (Lipinski definition) is 6. The lowest BCUT2D eigenvalue weighted by molar-refractivity contribution is -0.139. The Morgan fingerprint density at radius 3 is 2.82 bits per heavy atom. The third kappa shape index (κ3) is 3.88. The summed E-state index contributed by atoms with van der Waals surface area (Å²) in [5, 5.41) is 11.2. The quantitative estimate of drug-likeness (QED) is 0.356. The standard InChI is InChI=1S/C25H24N4O4/c1-16-12-19-13-17(5-6-20(19)33-16)23(30)21-22(18-4-2-7-26-14-18)29(25(32)24(21)31)10-3-9-28-11-8-27-15-28/h2,4-8,11,13-16,22,30H,3,9-10,12H2,1H3/t16-,22+/m0/s1. The topological polar surface area (TPSA) is 97.6 Å². The van der Waals surface area contributed by atoms with E-state index in [-0.39, 0.29) is 17.4 Å². The number of Topliss-reactive ketones (excluding diaryl/α,β-unsaturated/α-hetero) is 1. The highest BCUT2D eigenvalue weighted by Crippen LogP contribution is 2.40. The number of pyridine rings is 1. The fourth-order valence-electron chi connectivity index (χ4n) is 4.56. The molecule has 168 valence electrons. The summed E-state index contributed by atoms with van der Waals surface area (Å²) in [4.78, 5) is 35.9. The van der Waals surface area contributed by atoms with Gasteiger partial charge in [0.2, 0.25) is 0 Å². The smallest absolute Gasteiger partial charge is 0.295 e. The van der Waals surface area contributed by atoms with E-state index in [0.29, 0.717) is 30.6 Å². The number of aliphatic hydroxyl groups is 1. The zero-order chi connectivity index (χ0) is 22.9. The van der Waals surface area contributed by atoms with Crippen LogP contribution < -0.4 is 4.74 Å². The summed E-state index contributed by atoms with van der Waals surface area (Å²) in [6, 6.07) is 8.23. The Balaban J connectivity index is 1.51. The molecule has 4 heterocycles. The molecule has 2 aliphatic rings. The molecule has 1 saturated heterocycles. The van der Waals surface area contributed by atoms with Gasteiger partial charge >= 0.3 is 0 Å². The minimum absolute atomic E-state index is 0.0638. The second-order valence-corrected chi connectivity index (χ2v) is 8.39. The maximum atomic E-state index is 13.1. The fraction of sp³-hybridized carbons (Fsp3) is 0.280. The lowest BCUT2D eigenvalue weighted by Crippen LogP contribution is -2.31. The summed E-state index contributed by atoms with van der Waals surface area (Å²) < 4.78 is 7.67. The van der Waals surface area contributed by atoms with Crippen molar-refractivity contribution in [3.05, 3.63) is 83.7 Å². The van der Waals surface area contributed by atoms with E-state index in [0.717, 1.165) is 17.7 Å². The van der Waals surface area contributed by atoms with E-state index in [9.17, 15) is 14.7 Å². The predicted octanol–water partition coefficient (Wildman–Crippen LogP) is 3.11. The first-order chi connectivity index (χ1) is 16.0. The molecule has 0 spiro atoms. The van der Waals surface area contributed by atoms with Crippen molar-refractivity contribution in [1.82, 2.24) is 19.4 Å². The number of ether oxygens (including phenoxy) is 1. The monoisotopic (exact) mass is 444 g/mol. The summed E-state index contributed by atoms with van der Waals surface area (Å²) in [6.45, 7) is 3.00. The zero-order valence-corrected chi connectivity index (χ0v) is 18.2. The van der Waals surface area contributed by atoms with Crippen molar-refractivity contribution in [2.75, 3.05) is 6.54 Å². The van der Waals surface area contributed by atoms with Crippen molar-refractivity contribution in [3.63, 3.8) is 0 Å². The molecule has 0 radical (unpaired) electrons. The molecule has 0 saturated carbocycles. The summed E-state index contributed by atoms with van der Waals surface area (Å²) in [5.74, 6) is -0.701. The molecular formula is C25H24N4O4. The van der Waals surface area contributed by atoms with Crippen molar-refractivity contribution >= 4 is 17.4 Å². The Morgan fingerprint density at radius 2 is 2.06 bits per heavy atom. The Morgan fingerprint density at radius 1 is 1.18 bits per heavy atom. The van der Waals surface area contributed by atoms with Gasteiger partial charge in [-0.05, 0) is 48.7 Å². The van der Waals surface area contributed by atoms with Gasteiger partial charge < -0.3 is 19.3 Å². The normalized spacial score (nSPS) is 21.3. The van der Waals surface area contributed by atoms with Crippen LogP contribution in [0.25, 0.3) is 5.76 Å². The number of imidazole rings is 1. The van der Waals surface area contributed by atoms with Gasteiger partial charge in [0.1, 0.15) is 17.6 Å². The first-order valence-electron chi connectivity index (χ1n) is 11.0. The van der Waals surface area contributed by atoms with Gasteiger partial charge in [0.25, 0.3) is 11.7 Å². The third-order valence-electron chi connectivity index (χ3n) is 6.08. The maximum Gasteiger partial charge on any atom is 0.295 e. The van der Waals surface area contributed by atoms with E-state index < -0.39 is 17.7 Å². The number of aliphatic hydroxyl groups excluding tert-OH is 1. The van der Waals surface area contributed by atoms with E-state index in [1.807, 2.05) is 29.8 Å². The van der Waals surface area contributed by atoms with E-state index in [1.165, 1.54) is 4.90 Å². The second kappa shape index (κ2) is 8.54. The summed E-state index contributed by atoms with van der Waals surface area (Å²) in [5.41, 5.74) is 2.23. The molecule has 2 aromatic heterocycles. The Kier molecular flexibility index (Phi) is 5.42. The van der Waals surface area contributed by atoms with Gasteiger partial charge in [-0.2, -0.15) is 0 Å². The SMILES string of the molecule is C[C@H]1Cc2cc(C(O)=C3C(=O)C(=O)N(CCCn4ccnc4)[C@@H]3c3cccnc3)ccc2O1. The number of carbonyl (C=O) groups excluding carboxylic acids is 2. The number of aryl methyl sites for hydroxylation is 1. The molecule has 1 N–H and O–H groups in total. The van der Waals surface area contributed by atoms with Crippen molar-refractivity contribution < 1.29 is 19.4 Å². The first kappa shape index (κ1) is 20.9. The van der Waals surface area contributed by atoms with E-state index >= 15 is 0 Å². The van der Waals surface area contributed by atoms with Crippen LogP contribution in [-0.4, -0.2) is 48.9 Å². The Labute approximate surface area is 191 Å². The number of aromatic nitrogens is 3. The number of rotatable bonds is 6. The lowest BCUT2D eigenvalue weighted by atomic mass is 9.95. The van der Waals surface area contributed by atoms with Crippen LogP contribution in [0, 0.1) is 0 Å². The molecule has 1 aromatic carbocycles. The first-order valence-corrected chi connectivity index (χ1v) is 11.0. The highest BCUT2D eigenvalue weighted by atomic mass is 16.5. The van der Waals surface area contributed by atoms with Gasteiger partial charge in [-0.3, -0.25) is 14.6 Å². The molecule has 0 unspecified atom stereocenters. The number of nitrogens with zero attached hydrogens (tertiary/aromatic N) is 4. The van der Waals surface area contributed by atoms with Crippen molar-refractivity contribution in [2.24, 2.45) is 0 Å². The molecule has 8 nitrogen and oxygen atoms in total. The van der Waals surface area contributed by atoms with Crippen molar-refractivity contribution in [3.8, 4) is 5.75 Å². The van der Waals surface area contributed by atoms with Crippen LogP contribution in [0.1, 0.15) is 36.1 Å². The van der Waals surface area contributed by atoms with E-state index in [2.05, 4.69) is 9.97 Å². The number of carbonyl (C=O) groups is 2. The zero-order valence-electron chi connectivity index (χ0n) is 18.2. The molecule has 2 aliphatic heterocycles. The van der Waals surface area contributed by atoms with Gasteiger partial charge in [-0.1, -0.05) is 6.07 Å². The number of benzene rings is 1. The predicted molar refractivity (Wildman–Crippen MR) is 120 cm³/mol. The van der Waals surface area contributed by atoms with Gasteiger partial charge in [0.15, 0.2) is 0 Å². The molecule has 1 amide bonds. The van der Waals surface area contributed by atoms with E-state index in [1.54, 1.807) is 43.1 Å². The molecule has 8 heteroatoms. The van der Waals surface area contributed by atoms with Crippen LogP contribution in [0.5, 0.6) is 5.75 Å². The van der Waals surface area contributed by atoms with Crippen molar-refractivity contribution in [2.45, 2.75) is 38.5 Å². The van der Waals surface area contributed by atoms with Crippen LogP contribution in [0.3, 0.4) is 0 Å². The highest BCUT2D eigenvalue weighted by molar-refractivity contribution is 6.46. The Bertz CT molecular complexity index is 1220. The van der Waals surface area contributed by atoms with Crippen LogP contribution in [0.2, 0.25) is 0 Å². The van der Waals surface area contributed by atoms with Crippen LogP contribution in [-0.2, 0) is 22.6 Å². The van der Waals surface area contributed by atoms with Gasteiger partial charge in [-0.15, -0.1) is 0 Å². The van der Waals surface area contributed by atoms with Crippen molar-refractivity contribution in [1.29, 1.82) is 0 Å². The lowest BCUT2D eigenvalue weighted by Gasteiger charge is -2.25. The molecule has 5 rings (SSSR count). The molecule has 3 aromatic rings. The molecule has 1 fully saturated rings. The second-order valence-electron chi connectivity index (χ2n) is 8.39. The largest absolute Gasteiger partial charge is 0.507 e. The van der Waals surface area contributed by atoms with Gasteiger partial charge in [0.05, 0.1) is 17.9 Å². The number of ketones is 1. The minimum atomic E-state index is -0.704. The fourth-order valence-corrected chi connectivity index (χ4v) is 4.56. The average molecular weight is 444 g/mol. The van der Waals surface area contributed by atoms with Gasteiger partial charge in [0, 0.05) is 49.9 Å². The summed E-state index contributed by atoms with van der Waals surface area (Å²) in [7, 11) is 0. The molecule has 0 bridgehead atoms. The van der Waals surface area contributed by atoms with E-state index in [4.69, 9.17) is 4.74 Å². The molecule has 33 heavy (non-hydrogen) atoms. The maximum absolute atomic E-state index is 13.1. The molecule has 0 aliphatic carbocycles. The van der Waals surface area contributed by atoms with Crippen LogP contribution >= 0.6 is 0 Å². The highest BCUT2D eigenvalue weighted by Gasteiger charge is 2.46. The summed E-state index contributed by atoms with van der Waals surface area (Å²) >= 11 is 0. The number of fused-ring (bicyclic) bond motifs is 1. The summed E-state index contributed by atoms with van der Waals surface area (Å²) in [6.07, 6.45) is 9.95. The Hall–Kier alpha value is -3.94. The molecule has 2 atom stereocenters. The average Bonchev–Trinajstić information content (AvgIpc) is 3.53. The van der Waals surface area contributed by atoms with Crippen LogP contribution in [0.15, 0.2) is 67.0 Å². The number of hydrogen-bond donors (Lipinski definition) is 1.